The lowest BCUT2D eigenvalue weighted by Crippen LogP contribution is -2.33. The molecule has 0 fully saturated rings. The maximum absolute atomic E-state index is 12.4. The second kappa shape index (κ2) is 5.19. The van der Waals surface area contributed by atoms with E-state index >= 15 is 0 Å². The zero-order valence-electron chi connectivity index (χ0n) is 12.8. The molecule has 0 saturated heterocycles. The molecule has 2 aliphatic rings. The Bertz CT molecular complexity index is 815. The number of aryl methyl sites for hydroxylation is 1. The number of rotatable bonds is 2. The predicted octanol–water partition coefficient (Wildman–Crippen LogP) is 2.37. The number of benzene rings is 1. The van der Waals surface area contributed by atoms with E-state index < -0.39 is 0 Å². The van der Waals surface area contributed by atoms with E-state index in [4.69, 9.17) is 4.74 Å². The van der Waals surface area contributed by atoms with Gasteiger partial charge in [0, 0.05) is 30.9 Å². The minimum absolute atomic E-state index is 0.140. The number of pyridine rings is 1. The van der Waals surface area contributed by atoms with Crippen LogP contribution in [0.4, 0.5) is 5.69 Å². The molecule has 2 aliphatic heterocycles. The van der Waals surface area contributed by atoms with Gasteiger partial charge in [0.1, 0.15) is 0 Å². The molecule has 1 aromatic heterocycles. The molecule has 0 aliphatic carbocycles. The second-order valence-electron chi connectivity index (χ2n) is 5.81. The highest BCUT2D eigenvalue weighted by molar-refractivity contribution is 6.06. The van der Waals surface area contributed by atoms with Gasteiger partial charge in [0.2, 0.25) is 5.91 Å². The third kappa shape index (κ3) is 2.04. The summed E-state index contributed by atoms with van der Waals surface area (Å²) >= 11 is 0. The standard InChI is InChI=1S/C18H16N2O3/c1-23-18(22)16-13-6-8-20-15(21)5-4-11(17(13)20)9-14(16)12-3-2-7-19-10-12/h2-3,7,9-10H,4-6,8H2,1H3. The van der Waals surface area contributed by atoms with E-state index in [9.17, 15) is 9.59 Å². The normalized spacial score (nSPS) is 15.5. The van der Waals surface area contributed by atoms with Gasteiger partial charge in [-0.15, -0.1) is 0 Å². The van der Waals surface area contributed by atoms with Gasteiger partial charge in [-0.05, 0) is 41.7 Å². The summed E-state index contributed by atoms with van der Waals surface area (Å²) in [6.45, 7) is 0.641. The van der Waals surface area contributed by atoms with Crippen LogP contribution in [0.5, 0.6) is 0 Å². The van der Waals surface area contributed by atoms with Crippen molar-refractivity contribution >= 4 is 17.6 Å². The molecule has 23 heavy (non-hydrogen) atoms. The fraction of sp³-hybridized carbons (Fsp3) is 0.278. The summed E-state index contributed by atoms with van der Waals surface area (Å²) in [5.74, 6) is -0.220. The van der Waals surface area contributed by atoms with Crippen molar-refractivity contribution in [2.45, 2.75) is 19.3 Å². The average molecular weight is 308 g/mol. The molecule has 0 spiro atoms. The first-order valence-corrected chi connectivity index (χ1v) is 7.68. The first kappa shape index (κ1) is 13.9. The van der Waals surface area contributed by atoms with Gasteiger partial charge >= 0.3 is 5.97 Å². The molecule has 5 nitrogen and oxygen atoms in total. The molecule has 4 rings (SSSR count). The van der Waals surface area contributed by atoms with E-state index in [1.165, 1.54) is 7.11 Å². The largest absolute Gasteiger partial charge is 0.465 e. The van der Waals surface area contributed by atoms with E-state index in [1.807, 2.05) is 23.1 Å². The van der Waals surface area contributed by atoms with E-state index in [1.54, 1.807) is 12.4 Å². The van der Waals surface area contributed by atoms with Crippen LogP contribution in [0.15, 0.2) is 30.6 Å². The van der Waals surface area contributed by atoms with Gasteiger partial charge < -0.3 is 9.64 Å². The summed E-state index contributed by atoms with van der Waals surface area (Å²) in [5.41, 5.74) is 5.28. The van der Waals surface area contributed by atoms with Crippen molar-refractivity contribution < 1.29 is 14.3 Å². The Hall–Kier alpha value is -2.69. The molecule has 0 bridgehead atoms. The fourth-order valence-electron chi connectivity index (χ4n) is 3.61. The van der Waals surface area contributed by atoms with Gasteiger partial charge in [-0.25, -0.2) is 4.79 Å². The SMILES string of the molecule is COC(=O)c1c(-c2cccnc2)cc2c3c1CCN3C(=O)CC2. The van der Waals surface area contributed by atoms with Crippen molar-refractivity contribution in [1.29, 1.82) is 0 Å². The lowest BCUT2D eigenvalue weighted by atomic mass is 9.89. The minimum Gasteiger partial charge on any atom is -0.465 e. The van der Waals surface area contributed by atoms with Gasteiger partial charge in [-0.3, -0.25) is 9.78 Å². The number of ether oxygens (including phenoxy) is 1. The number of nitrogens with zero attached hydrogens (tertiary/aromatic N) is 2. The summed E-state index contributed by atoms with van der Waals surface area (Å²) in [7, 11) is 1.39. The molecular formula is C18H16N2O3. The van der Waals surface area contributed by atoms with Crippen LogP contribution in [0.3, 0.4) is 0 Å². The molecule has 0 unspecified atom stereocenters. The third-order valence-corrected chi connectivity index (χ3v) is 4.61. The van der Waals surface area contributed by atoms with Gasteiger partial charge in [-0.2, -0.15) is 0 Å². The Labute approximate surface area is 133 Å². The highest BCUT2D eigenvalue weighted by Crippen LogP contribution is 2.43. The van der Waals surface area contributed by atoms with Crippen LogP contribution in [0, 0.1) is 0 Å². The zero-order valence-corrected chi connectivity index (χ0v) is 12.8. The molecule has 3 heterocycles. The van der Waals surface area contributed by atoms with Gasteiger partial charge in [0.15, 0.2) is 0 Å². The Morgan fingerprint density at radius 3 is 2.91 bits per heavy atom. The lowest BCUT2D eigenvalue weighted by molar-refractivity contribution is -0.118. The highest BCUT2D eigenvalue weighted by Gasteiger charge is 2.35. The summed E-state index contributed by atoms with van der Waals surface area (Å²) in [5, 5.41) is 0. The van der Waals surface area contributed by atoms with E-state index in [2.05, 4.69) is 4.98 Å². The lowest BCUT2D eigenvalue weighted by Gasteiger charge is -2.27. The summed E-state index contributed by atoms with van der Waals surface area (Å²) in [6, 6.07) is 5.81. The smallest absolute Gasteiger partial charge is 0.338 e. The monoisotopic (exact) mass is 308 g/mol. The third-order valence-electron chi connectivity index (χ3n) is 4.61. The number of amides is 1. The molecule has 2 aromatic rings. The molecule has 1 amide bonds. The molecular weight excluding hydrogens is 292 g/mol. The highest BCUT2D eigenvalue weighted by atomic mass is 16.5. The van der Waals surface area contributed by atoms with E-state index in [0.29, 0.717) is 31.4 Å². The number of methoxy groups -OCH3 is 1. The van der Waals surface area contributed by atoms with Gasteiger partial charge in [0.25, 0.3) is 0 Å². The topological polar surface area (TPSA) is 59.5 Å². The number of carbonyl (C=O) groups is 2. The van der Waals surface area contributed by atoms with Crippen molar-refractivity contribution in [3.8, 4) is 11.1 Å². The molecule has 116 valence electrons. The van der Waals surface area contributed by atoms with Crippen LogP contribution in [-0.4, -0.2) is 30.5 Å². The van der Waals surface area contributed by atoms with Crippen molar-refractivity contribution in [2.24, 2.45) is 0 Å². The number of carbonyl (C=O) groups excluding carboxylic acids is 2. The number of hydrogen-bond donors (Lipinski definition) is 0. The van der Waals surface area contributed by atoms with Crippen molar-refractivity contribution in [2.75, 3.05) is 18.6 Å². The number of aromatic nitrogens is 1. The molecule has 0 radical (unpaired) electrons. The van der Waals surface area contributed by atoms with E-state index in [-0.39, 0.29) is 11.9 Å². The molecule has 0 N–H and O–H groups in total. The van der Waals surface area contributed by atoms with Crippen LogP contribution < -0.4 is 4.90 Å². The molecule has 5 heteroatoms. The van der Waals surface area contributed by atoms with Crippen molar-refractivity contribution in [3.63, 3.8) is 0 Å². The van der Waals surface area contributed by atoms with Crippen LogP contribution in [0.1, 0.15) is 27.9 Å². The molecule has 1 aromatic carbocycles. The minimum atomic E-state index is -0.360. The second-order valence-corrected chi connectivity index (χ2v) is 5.81. The van der Waals surface area contributed by atoms with Crippen LogP contribution in [0.2, 0.25) is 0 Å². The van der Waals surface area contributed by atoms with Crippen LogP contribution in [-0.2, 0) is 22.4 Å². The molecule has 0 atom stereocenters. The predicted molar refractivity (Wildman–Crippen MR) is 85.4 cm³/mol. The summed E-state index contributed by atoms with van der Waals surface area (Å²) < 4.78 is 5.01. The van der Waals surface area contributed by atoms with Crippen molar-refractivity contribution in [3.05, 3.63) is 47.3 Å². The van der Waals surface area contributed by atoms with Gasteiger partial charge in [-0.1, -0.05) is 6.07 Å². The average Bonchev–Trinajstić information content (AvgIpc) is 3.04. The Balaban J connectivity index is 2.01. The first-order valence-electron chi connectivity index (χ1n) is 7.68. The molecule has 0 saturated carbocycles. The van der Waals surface area contributed by atoms with E-state index in [0.717, 1.165) is 27.9 Å². The maximum atomic E-state index is 12.4. The zero-order chi connectivity index (χ0) is 16.0. The maximum Gasteiger partial charge on any atom is 0.338 e. The number of anilines is 1. The quantitative estimate of drug-likeness (QED) is 0.799. The summed E-state index contributed by atoms with van der Waals surface area (Å²) in [4.78, 5) is 30.5. The Kier molecular flexibility index (Phi) is 3.15. The van der Waals surface area contributed by atoms with Crippen LogP contribution in [0.25, 0.3) is 11.1 Å². The number of esters is 1. The summed E-state index contributed by atoms with van der Waals surface area (Å²) in [6.07, 6.45) is 5.39. The Morgan fingerprint density at radius 2 is 2.17 bits per heavy atom. The first-order chi connectivity index (χ1) is 11.2. The van der Waals surface area contributed by atoms with Gasteiger partial charge in [0.05, 0.1) is 18.4 Å². The van der Waals surface area contributed by atoms with Crippen molar-refractivity contribution in [1.82, 2.24) is 4.98 Å². The fourth-order valence-corrected chi connectivity index (χ4v) is 3.61. The number of hydrogen-bond acceptors (Lipinski definition) is 4. The van der Waals surface area contributed by atoms with Crippen LogP contribution >= 0.6 is 0 Å². The Morgan fingerprint density at radius 1 is 1.30 bits per heavy atom.